The van der Waals surface area contributed by atoms with E-state index in [9.17, 15) is 9.59 Å². The van der Waals surface area contributed by atoms with Gasteiger partial charge in [0.1, 0.15) is 6.26 Å². The van der Waals surface area contributed by atoms with E-state index in [4.69, 9.17) is 5.11 Å². The van der Waals surface area contributed by atoms with E-state index in [-0.39, 0.29) is 11.4 Å². The van der Waals surface area contributed by atoms with Crippen LogP contribution >= 0.6 is 0 Å². The van der Waals surface area contributed by atoms with Crippen molar-refractivity contribution in [1.82, 2.24) is 10.2 Å². The van der Waals surface area contributed by atoms with Gasteiger partial charge in [-0.3, -0.25) is 14.7 Å². The predicted molar refractivity (Wildman–Crippen MR) is 51.3 cm³/mol. The molecule has 1 aromatic rings. The highest BCUT2D eigenvalue weighted by Gasteiger charge is 2.16. The summed E-state index contributed by atoms with van der Waals surface area (Å²) in [6.45, 7) is 0. The molecule has 0 fully saturated rings. The monoisotopic (exact) mass is 226 g/mol. The number of hydroxylamine groups is 2. The van der Waals surface area contributed by atoms with E-state index in [2.05, 4.69) is 14.5 Å². The highest BCUT2D eigenvalue weighted by Crippen LogP contribution is 2.05. The van der Waals surface area contributed by atoms with Gasteiger partial charge in [0.25, 0.3) is 0 Å². The minimum atomic E-state index is -1.28. The molecule has 1 aromatic heterocycles. The third kappa shape index (κ3) is 2.67. The summed E-state index contributed by atoms with van der Waals surface area (Å²) in [7, 11) is 2.66. The van der Waals surface area contributed by atoms with Crippen molar-refractivity contribution >= 4 is 11.8 Å². The second-order valence-corrected chi connectivity index (χ2v) is 2.76. The number of aromatic nitrogens is 1. The number of aliphatic carboxylic acids is 1. The highest BCUT2D eigenvalue weighted by atomic mass is 16.7. The molecule has 0 amide bonds. The number of likely N-dealkylation sites (N-methyl/N-ethyl adjacent to an activating group) is 1. The van der Waals surface area contributed by atoms with Crippen LogP contribution in [0.25, 0.3) is 0 Å². The van der Waals surface area contributed by atoms with Gasteiger partial charge in [0.2, 0.25) is 5.78 Å². The lowest BCUT2D eigenvalue weighted by atomic mass is 10.2. The molecule has 7 heteroatoms. The summed E-state index contributed by atoms with van der Waals surface area (Å²) in [6, 6.07) is 1.34. The predicted octanol–water partition coefficient (Wildman–Crippen LogP) is 0.319. The first-order valence-electron chi connectivity index (χ1n) is 4.23. The summed E-state index contributed by atoms with van der Waals surface area (Å²) in [6.07, 6.45) is 2.13. The van der Waals surface area contributed by atoms with Gasteiger partial charge in [-0.05, 0) is 0 Å². The van der Waals surface area contributed by atoms with E-state index in [1.54, 1.807) is 0 Å². The number of hydrogen-bond donors (Lipinski definition) is 1. The molecule has 7 nitrogen and oxygen atoms in total. The quantitative estimate of drug-likeness (QED) is 0.439. The van der Waals surface area contributed by atoms with E-state index < -0.39 is 11.8 Å². The van der Waals surface area contributed by atoms with Crippen LogP contribution in [0.1, 0.15) is 10.5 Å². The van der Waals surface area contributed by atoms with Gasteiger partial charge in [-0.25, -0.2) is 4.79 Å². The molecule has 1 heterocycles. The molecule has 0 aromatic carbocycles. The van der Waals surface area contributed by atoms with Gasteiger partial charge in [-0.2, -0.15) is 0 Å². The van der Waals surface area contributed by atoms with E-state index in [0.717, 1.165) is 11.1 Å². The topological polar surface area (TPSA) is 92.9 Å². The summed E-state index contributed by atoms with van der Waals surface area (Å²) in [4.78, 5) is 27.0. The maximum atomic E-state index is 11.5. The summed E-state index contributed by atoms with van der Waals surface area (Å²) >= 11 is 0. The molecule has 1 N–H and O–H groups in total. The molecule has 0 spiro atoms. The van der Waals surface area contributed by atoms with Crippen LogP contribution in [0, 0.1) is 0 Å². The number of rotatable bonds is 5. The zero-order valence-corrected chi connectivity index (χ0v) is 8.71. The molecule has 0 bridgehead atoms. The number of hydrogen-bond acceptors (Lipinski definition) is 6. The van der Waals surface area contributed by atoms with Crippen LogP contribution in [-0.2, 0) is 9.63 Å². The Bertz CT molecular complexity index is 410. The second kappa shape index (κ2) is 5.08. The van der Waals surface area contributed by atoms with Crippen molar-refractivity contribution in [3.63, 3.8) is 0 Å². The molecule has 1 rings (SSSR count). The molecule has 0 aliphatic heterocycles. The smallest absolute Gasteiger partial charge is 0.354 e. The van der Waals surface area contributed by atoms with Crippen molar-refractivity contribution in [1.29, 1.82) is 0 Å². The Labute approximate surface area is 90.8 Å². The first kappa shape index (κ1) is 11.9. The number of allylic oxidation sites excluding steroid dienone is 1. The molecule has 0 unspecified atom stereocenters. The first-order chi connectivity index (χ1) is 7.56. The standard InChI is InChI=1S/C9H10N2O5/c1-11(15-2)7(9(13)14)5-8(12)6-3-4-16-10-6/h3-5H,1-2H3,(H,13,14). The van der Waals surface area contributed by atoms with Gasteiger partial charge in [-0.1, -0.05) is 5.16 Å². The average Bonchev–Trinajstić information content (AvgIpc) is 2.77. The maximum Gasteiger partial charge on any atom is 0.354 e. The molecule has 16 heavy (non-hydrogen) atoms. The number of carbonyl (C=O) groups is 2. The summed E-state index contributed by atoms with van der Waals surface area (Å²) < 4.78 is 4.47. The van der Waals surface area contributed by atoms with E-state index >= 15 is 0 Å². The minimum absolute atomic E-state index is 0.0308. The maximum absolute atomic E-state index is 11.5. The number of nitrogens with zero attached hydrogens (tertiary/aromatic N) is 2. The van der Waals surface area contributed by atoms with Crippen LogP contribution in [0.3, 0.4) is 0 Å². The Morgan fingerprint density at radius 1 is 1.62 bits per heavy atom. The van der Waals surface area contributed by atoms with Crippen LogP contribution in [0.5, 0.6) is 0 Å². The number of ketones is 1. The zero-order valence-electron chi connectivity index (χ0n) is 8.71. The highest BCUT2D eigenvalue weighted by molar-refractivity contribution is 6.06. The van der Waals surface area contributed by atoms with Crippen LogP contribution < -0.4 is 0 Å². The van der Waals surface area contributed by atoms with E-state index in [1.165, 1.54) is 26.5 Å². The van der Waals surface area contributed by atoms with Gasteiger partial charge < -0.3 is 9.63 Å². The van der Waals surface area contributed by atoms with Gasteiger partial charge >= 0.3 is 5.97 Å². The molecular formula is C9H10N2O5. The summed E-state index contributed by atoms with van der Waals surface area (Å²) in [5.41, 5.74) is -0.265. The van der Waals surface area contributed by atoms with Crippen molar-refractivity contribution in [3.05, 3.63) is 29.8 Å². The molecule has 86 valence electrons. The fourth-order valence-electron chi connectivity index (χ4n) is 0.923. The Kier molecular flexibility index (Phi) is 3.78. The van der Waals surface area contributed by atoms with Gasteiger partial charge in [0.15, 0.2) is 11.4 Å². The van der Waals surface area contributed by atoms with Crippen molar-refractivity contribution < 1.29 is 24.1 Å². The van der Waals surface area contributed by atoms with E-state index in [1.807, 2.05) is 0 Å². The molecule has 0 aliphatic rings. The third-order valence-electron chi connectivity index (χ3n) is 1.79. The molecule has 0 saturated carbocycles. The normalized spacial score (nSPS) is 11.2. The van der Waals surface area contributed by atoms with Crippen molar-refractivity contribution in [2.24, 2.45) is 0 Å². The fourth-order valence-corrected chi connectivity index (χ4v) is 0.923. The lowest BCUT2D eigenvalue weighted by Gasteiger charge is -2.15. The lowest BCUT2D eigenvalue weighted by Crippen LogP contribution is -2.23. The van der Waals surface area contributed by atoms with Gasteiger partial charge in [-0.15, -0.1) is 0 Å². The minimum Gasteiger partial charge on any atom is -0.477 e. The Hall–Kier alpha value is -2.15. The Morgan fingerprint density at radius 2 is 2.31 bits per heavy atom. The average molecular weight is 226 g/mol. The van der Waals surface area contributed by atoms with Gasteiger partial charge in [0, 0.05) is 19.2 Å². The molecule has 0 aliphatic carbocycles. The Balaban J connectivity index is 2.95. The van der Waals surface area contributed by atoms with Crippen molar-refractivity contribution in [2.75, 3.05) is 14.2 Å². The number of carboxylic acid groups (broad SMARTS) is 1. The molecule has 0 saturated heterocycles. The lowest BCUT2D eigenvalue weighted by molar-refractivity contribution is -0.144. The largest absolute Gasteiger partial charge is 0.477 e. The van der Waals surface area contributed by atoms with E-state index in [0.29, 0.717) is 0 Å². The van der Waals surface area contributed by atoms with Crippen molar-refractivity contribution in [2.45, 2.75) is 0 Å². The number of carboxylic acids is 1. The van der Waals surface area contributed by atoms with Crippen LogP contribution in [0.2, 0.25) is 0 Å². The first-order valence-corrected chi connectivity index (χ1v) is 4.23. The van der Waals surface area contributed by atoms with Crippen LogP contribution in [-0.4, -0.2) is 41.2 Å². The van der Waals surface area contributed by atoms with Crippen LogP contribution in [0.4, 0.5) is 0 Å². The zero-order chi connectivity index (χ0) is 12.1. The third-order valence-corrected chi connectivity index (χ3v) is 1.79. The van der Waals surface area contributed by atoms with Crippen LogP contribution in [0.15, 0.2) is 28.6 Å². The summed E-state index contributed by atoms with van der Waals surface area (Å²) in [5.74, 6) is -1.85. The van der Waals surface area contributed by atoms with Gasteiger partial charge in [0.05, 0.1) is 7.11 Å². The number of carbonyl (C=O) groups excluding carboxylic acids is 1. The molecule has 0 radical (unpaired) electrons. The van der Waals surface area contributed by atoms with Crippen molar-refractivity contribution in [3.8, 4) is 0 Å². The SMILES string of the molecule is CON(C)C(=CC(=O)c1ccon1)C(=O)O. The second-order valence-electron chi connectivity index (χ2n) is 2.76. The molecule has 0 atom stereocenters. The summed E-state index contributed by atoms with van der Waals surface area (Å²) in [5, 5.41) is 13.2. The fraction of sp³-hybridized carbons (Fsp3) is 0.222. The molecular weight excluding hydrogens is 216 g/mol. The Morgan fingerprint density at radius 3 is 2.75 bits per heavy atom.